The van der Waals surface area contributed by atoms with Crippen molar-refractivity contribution in [3.8, 4) is 0 Å². The molecule has 2 heterocycles. The van der Waals surface area contributed by atoms with Crippen LogP contribution in [0.2, 0.25) is 0 Å². The van der Waals surface area contributed by atoms with Crippen molar-refractivity contribution in [1.29, 1.82) is 0 Å². The summed E-state index contributed by atoms with van der Waals surface area (Å²) in [6, 6.07) is 2.40. The van der Waals surface area contributed by atoms with E-state index in [1.54, 1.807) is 7.11 Å². The molecule has 1 aliphatic rings. The zero-order valence-electron chi connectivity index (χ0n) is 15.1. The molecule has 1 fully saturated rings. The molecule has 0 aliphatic carbocycles. The number of nitrogens with one attached hydrogen (secondary N) is 1. The number of nitrogens with zero attached hydrogens (tertiary/aromatic N) is 3. The maximum absolute atomic E-state index is 12.6. The number of carbonyl (C=O) groups excluding carboxylic acids is 1. The van der Waals surface area contributed by atoms with Crippen LogP contribution in [0.15, 0.2) is 18.3 Å². The molecular formula is C17H25F3N4O2. The summed E-state index contributed by atoms with van der Waals surface area (Å²) in [7, 11) is 1.58. The van der Waals surface area contributed by atoms with Crippen molar-refractivity contribution in [3.63, 3.8) is 0 Å². The van der Waals surface area contributed by atoms with E-state index in [9.17, 15) is 18.0 Å². The Kier molecular flexibility index (Phi) is 7.22. The van der Waals surface area contributed by atoms with E-state index < -0.39 is 11.7 Å². The van der Waals surface area contributed by atoms with Gasteiger partial charge in [0.15, 0.2) is 0 Å². The summed E-state index contributed by atoms with van der Waals surface area (Å²) in [6.45, 7) is 5.33. The molecule has 2 rings (SSSR count). The van der Waals surface area contributed by atoms with Gasteiger partial charge in [-0.05, 0) is 25.5 Å². The third-order valence-corrected chi connectivity index (χ3v) is 4.18. The highest BCUT2D eigenvalue weighted by atomic mass is 19.4. The minimum atomic E-state index is -4.38. The molecule has 1 atom stereocenters. The van der Waals surface area contributed by atoms with Gasteiger partial charge in [-0.3, -0.25) is 9.69 Å². The Bertz CT molecular complexity index is 580. The Hall–Kier alpha value is -1.87. The number of pyridine rings is 1. The summed E-state index contributed by atoms with van der Waals surface area (Å²) in [5.74, 6) is 0.466. The zero-order chi connectivity index (χ0) is 19.2. The minimum absolute atomic E-state index is 0.0488. The van der Waals surface area contributed by atoms with Gasteiger partial charge < -0.3 is 15.0 Å². The van der Waals surface area contributed by atoms with Gasteiger partial charge in [-0.2, -0.15) is 13.2 Å². The van der Waals surface area contributed by atoms with Gasteiger partial charge in [0.2, 0.25) is 5.91 Å². The van der Waals surface area contributed by atoms with Crippen LogP contribution in [0, 0.1) is 0 Å². The quantitative estimate of drug-likeness (QED) is 0.822. The monoisotopic (exact) mass is 374 g/mol. The number of ether oxygens (including phenoxy) is 1. The Morgan fingerprint density at radius 3 is 2.69 bits per heavy atom. The van der Waals surface area contributed by atoms with E-state index in [1.807, 2.05) is 16.7 Å². The van der Waals surface area contributed by atoms with E-state index in [4.69, 9.17) is 4.74 Å². The Morgan fingerprint density at radius 2 is 2.08 bits per heavy atom. The molecule has 0 radical (unpaired) electrons. The van der Waals surface area contributed by atoms with Crippen LogP contribution in [0.25, 0.3) is 0 Å². The molecule has 0 aromatic carbocycles. The maximum Gasteiger partial charge on any atom is 0.417 e. The molecule has 9 heteroatoms. The largest absolute Gasteiger partial charge is 0.417 e. The van der Waals surface area contributed by atoms with Gasteiger partial charge in [-0.1, -0.05) is 0 Å². The standard InChI is InChI=1S/C17H25F3N4O2/c1-13(12-26-2)22-16(25)11-23-6-3-7-24(9-8-23)15-5-4-14(10-21-15)17(18,19)20/h4-5,10,13H,3,6-9,11-12H2,1-2H3,(H,22,25)/t13-/m1/s1. The molecule has 0 bridgehead atoms. The van der Waals surface area contributed by atoms with Gasteiger partial charge in [-0.25, -0.2) is 4.98 Å². The summed E-state index contributed by atoms with van der Waals surface area (Å²) in [4.78, 5) is 20.0. The SMILES string of the molecule is COC[C@@H](C)NC(=O)CN1CCCN(c2ccc(C(F)(F)F)cn2)CC1. The van der Waals surface area contributed by atoms with E-state index in [1.165, 1.54) is 6.07 Å². The topological polar surface area (TPSA) is 57.7 Å². The first-order valence-corrected chi connectivity index (χ1v) is 8.58. The van der Waals surface area contributed by atoms with E-state index in [-0.39, 0.29) is 11.9 Å². The van der Waals surface area contributed by atoms with Crippen molar-refractivity contribution in [2.24, 2.45) is 0 Å². The number of carbonyl (C=O) groups is 1. The molecule has 1 aromatic heterocycles. The molecule has 1 saturated heterocycles. The fourth-order valence-electron chi connectivity index (χ4n) is 2.91. The van der Waals surface area contributed by atoms with Crippen LogP contribution in [-0.4, -0.2) is 68.3 Å². The number of aromatic nitrogens is 1. The third-order valence-electron chi connectivity index (χ3n) is 4.18. The summed E-state index contributed by atoms with van der Waals surface area (Å²) in [5.41, 5.74) is -0.750. The molecule has 1 aromatic rings. The molecule has 0 unspecified atom stereocenters. The fraction of sp³-hybridized carbons (Fsp3) is 0.647. The first-order chi connectivity index (χ1) is 12.3. The number of halogens is 3. The first-order valence-electron chi connectivity index (χ1n) is 8.58. The van der Waals surface area contributed by atoms with Crippen LogP contribution in [0.1, 0.15) is 18.9 Å². The number of rotatable bonds is 6. The number of hydrogen-bond acceptors (Lipinski definition) is 5. The summed E-state index contributed by atoms with van der Waals surface area (Å²) < 4.78 is 42.9. The fourth-order valence-corrected chi connectivity index (χ4v) is 2.91. The van der Waals surface area contributed by atoms with Gasteiger partial charge in [0, 0.05) is 45.5 Å². The lowest BCUT2D eigenvalue weighted by Gasteiger charge is -2.23. The second-order valence-electron chi connectivity index (χ2n) is 6.44. The molecule has 1 N–H and O–H groups in total. The summed E-state index contributed by atoms with van der Waals surface area (Å²) in [5, 5.41) is 2.87. The predicted molar refractivity (Wildman–Crippen MR) is 92.0 cm³/mol. The van der Waals surface area contributed by atoms with Gasteiger partial charge in [0.1, 0.15) is 5.82 Å². The molecule has 6 nitrogen and oxygen atoms in total. The number of alkyl halides is 3. The second-order valence-corrected chi connectivity index (χ2v) is 6.44. The van der Waals surface area contributed by atoms with Crippen LogP contribution >= 0.6 is 0 Å². The van der Waals surface area contributed by atoms with Gasteiger partial charge in [-0.15, -0.1) is 0 Å². The van der Waals surface area contributed by atoms with Gasteiger partial charge in [0.05, 0.1) is 18.7 Å². The third kappa shape index (κ3) is 6.14. The van der Waals surface area contributed by atoms with Crippen LogP contribution in [0.4, 0.5) is 19.0 Å². The van der Waals surface area contributed by atoms with E-state index in [0.29, 0.717) is 38.6 Å². The number of hydrogen-bond donors (Lipinski definition) is 1. The lowest BCUT2D eigenvalue weighted by atomic mass is 10.2. The molecule has 1 amide bonds. The highest BCUT2D eigenvalue weighted by Crippen LogP contribution is 2.29. The smallest absolute Gasteiger partial charge is 0.383 e. The van der Waals surface area contributed by atoms with Gasteiger partial charge in [0.25, 0.3) is 0 Å². The van der Waals surface area contributed by atoms with Crippen LogP contribution in [0.3, 0.4) is 0 Å². The van der Waals surface area contributed by atoms with Gasteiger partial charge >= 0.3 is 6.18 Å². The highest BCUT2D eigenvalue weighted by molar-refractivity contribution is 5.78. The second kappa shape index (κ2) is 9.18. The van der Waals surface area contributed by atoms with E-state index in [2.05, 4.69) is 10.3 Å². The summed E-state index contributed by atoms with van der Waals surface area (Å²) in [6.07, 6.45) is -2.71. The van der Waals surface area contributed by atoms with Crippen molar-refractivity contribution >= 4 is 11.7 Å². The lowest BCUT2D eigenvalue weighted by molar-refractivity contribution is -0.137. The van der Waals surface area contributed by atoms with Crippen molar-refractivity contribution in [2.75, 3.05) is 51.3 Å². The molecular weight excluding hydrogens is 349 g/mol. The number of amides is 1. The minimum Gasteiger partial charge on any atom is -0.383 e. The van der Waals surface area contributed by atoms with Crippen molar-refractivity contribution in [1.82, 2.24) is 15.2 Å². The highest BCUT2D eigenvalue weighted by Gasteiger charge is 2.31. The summed E-state index contributed by atoms with van der Waals surface area (Å²) >= 11 is 0. The van der Waals surface area contributed by atoms with Crippen molar-refractivity contribution < 1.29 is 22.7 Å². The van der Waals surface area contributed by atoms with Crippen molar-refractivity contribution in [2.45, 2.75) is 25.6 Å². The van der Waals surface area contributed by atoms with Crippen LogP contribution in [-0.2, 0) is 15.7 Å². The molecule has 0 saturated carbocycles. The zero-order valence-corrected chi connectivity index (χ0v) is 15.1. The molecule has 1 aliphatic heterocycles. The van der Waals surface area contributed by atoms with Crippen LogP contribution < -0.4 is 10.2 Å². The average molecular weight is 374 g/mol. The normalized spacial score (nSPS) is 17.7. The molecule has 146 valence electrons. The van der Waals surface area contributed by atoms with Crippen molar-refractivity contribution in [3.05, 3.63) is 23.9 Å². The van der Waals surface area contributed by atoms with E-state index >= 15 is 0 Å². The number of anilines is 1. The average Bonchev–Trinajstić information content (AvgIpc) is 2.80. The lowest BCUT2D eigenvalue weighted by Crippen LogP contribution is -2.43. The first kappa shape index (κ1) is 20.4. The molecule has 0 spiro atoms. The Labute approximate surface area is 151 Å². The number of methoxy groups -OCH3 is 1. The maximum atomic E-state index is 12.6. The van der Waals surface area contributed by atoms with E-state index in [0.717, 1.165) is 25.2 Å². The van der Waals surface area contributed by atoms with Crippen LogP contribution in [0.5, 0.6) is 0 Å². The predicted octanol–water partition coefficient (Wildman–Crippen LogP) is 1.76. The molecule has 26 heavy (non-hydrogen) atoms. The Morgan fingerprint density at radius 1 is 1.31 bits per heavy atom. The Balaban J connectivity index is 1.86.